The van der Waals surface area contributed by atoms with Gasteiger partial charge in [-0.05, 0) is 48.5 Å². The first-order valence-electron chi connectivity index (χ1n) is 11.3. The van der Waals surface area contributed by atoms with E-state index in [1.807, 2.05) is 30.3 Å². The lowest BCUT2D eigenvalue weighted by Crippen LogP contribution is -2.03. The molecule has 0 bridgehead atoms. The molecule has 37 heavy (non-hydrogen) atoms. The molecule has 1 heterocycles. The summed E-state index contributed by atoms with van der Waals surface area (Å²) in [5.74, 6) is 1.09. The van der Waals surface area contributed by atoms with Gasteiger partial charge in [0.15, 0.2) is 17.5 Å². The molecule has 0 radical (unpaired) electrons. The van der Waals surface area contributed by atoms with Crippen LogP contribution in [0.15, 0.2) is 97.1 Å². The molecule has 5 rings (SSSR count). The smallest absolute Gasteiger partial charge is 0.337 e. The zero-order valence-electron chi connectivity index (χ0n) is 19.7. The number of nitrogens with zero attached hydrogens (tertiary/aromatic N) is 3. The number of benzene rings is 4. The monoisotopic (exact) mass is 491 g/mol. The molecule has 0 atom stereocenters. The highest BCUT2D eigenvalue weighted by Crippen LogP contribution is 2.35. The molecular weight excluding hydrogens is 470 g/mol. The third-order valence-corrected chi connectivity index (χ3v) is 5.51. The van der Waals surface area contributed by atoms with E-state index in [1.165, 1.54) is 19.2 Å². The summed E-state index contributed by atoms with van der Waals surface area (Å²) in [6.07, 6.45) is 0. The summed E-state index contributed by atoms with van der Waals surface area (Å²) in [5.41, 5.74) is 1.59. The van der Waals surface area contributed by atoms with Gasteiger partial charge in [0, 0.05) is 11.6 Å². The van der Waals surface area contributed by atoms with E-state index in [0.717, 1.165) is 0 Å². The fraction of sp³-hybridized carbons (Fsp3) is 0.0345. The van der Waals surface area contributed by atoms with E-state index < -0.39 is 5.97 Å². The predicted octanol–water partition coefficient (Wildman–Crippen LogP) is 5.86. The summed E-state index contributed by atoms with van der Waals surface area (Å²) in [5, 5.41) is 21.3. The Morgan fingerprint density at radius 2 is 1.32 bits per heavy atom. The molecule has 0 fully saturated rings. The molecule has 0 aliphatic rings. The van der Waals surface area contributed by atoms with Crippen LogP contribution in [-0.4, -0.2) is 38.2 Å². The lowest BCUT2D eigenvalue weighted by Gasteiger charge is -2.12. The molecule has 0 aliphatic carbocycles. The first kappa shape index (κ1) is 23.5. The van der Waals surface area contributed by atoms with Crippen molar-refractivity contribution in [3.05, 3.63) is 103 Å². The van der Waals surface area contributed by atoms with Crippen LogP contribution in [0.25, 0.3) is 34.2 Å². The Labute approximate surface area is 212 Å². The molecule has 4 aromatic carbocycles. The maximum Gasteiger partial charge on any atom is 0.337 e. The molecule has 8 heteroatoms. The van der Waals surface area contributed by atoms with E-state index in [1.54, 1.807) is 54.6 Å². The van der Waals surface area contributed by atoms with Gasteiger partial charge < -0.3 is 19.7 Å². The molecular formula is C29H21N3O5. The van der Waals surface area contributed by atoms with E-state index in [9.17, 15) is 15.0 Å². The van der Waals surface area contributed by atoms with Crippen molar-refractivity contribution in [2.45, 2.75) is 0 Å². The number of carbonyl (C=O) groups excluding carboxylic acids is 1. The third kappa shape index (κ3) is 5.08. The van der Waals surface area contributed by atoms with E-state index in [2.05, 4.69) is 15.0 Å². The number of hydrogen-bond acceptors (Lipinski definition) is 8. The highest BCUT2D eigenvalue weighted by molar-refractivity contribution is 5.90. The number of phenolic OH excluding ortho intramolecular Hbond substituents is 2. The molecule has 182 valence electrons. The second kappa shape index (κ2) is 10.2. The van der Waals surface area contributed by atoms with Crippen LogP contribution >= 0.6 is 0 Å². The summed E-state index contributed by atoms with van der Waals surface area (Å²) in [6, 6.07) is 27.4. The summed E-state index contributed by atoms with van der Waals surface area (Å²) in [6.45, 7) is 0. The van der Waals surface area contributed by atoms with Crippen LogP contribution < -0.4 is 4.74 Å². The van der Waals surface area contributed by atoms with Crippen molar-refractivity contribution in [3.8, 4) is 57.2 Å². The zero-order chi connectivity index (χ0) is 25.8. The Morgan fingerprint density at radius 1 is 0.649 bits per heavy atom. The number of carbonyl (C=O) groups is 1. The van der Waals surface area contributed by atoms with Gasteiger partial charge in [-0.15, -0.1) is 0 Å². The first-order chi connectivity index (χ1) is 18.0. The second-order valence-corrected chi connectivity index (χ2v) is 7.99. The molecule has 1 aromatic heterocycles. The zero-order valence-corrected chi connectivity index (χ0v) is 19.7. The van der Waals surface area contributed by atoms with Gasteiger partial charge in [0.1, 0.15) is 23.0 Å². The molecule has 0 unspecified atom stereocenters. The minimum Gasteiger partial charge on any atom is -0.507 e. The van der Waals surface area contributed by atoms with Gasteiger partial charge in [-0.1, -0.05) is 42.5 Å². The Kier molecular flexibility index (Phi) is 6.46. The van der Waals surface area contributed by atoms with E-state index in [4.69, 9.17) is 9.47 Å². The molecule has 0 saturated carbocycles. The molecule has 2 N–H and O–H groups in total. The highest BCUT2D eigenvalue weighted by atomic mass is 16.5. The van der Waals surface area contributed by atoms with Gasteiger partial charge in [0.05, 0.1) is 23.8 Å². The van der Waals surface area contributed by atoms with Crippen LogP contribution in [0, 0.1) is 0 Å². The Bertz CT molecular complexity index is 1590. The molecule has 5 aromatic rings. The second-order valence-electron chi connectivity index (χ2n) is 7.99. The fourth-order valence-electron chi connectivity index (χ4n) is 3.70. The largest absolute Gasteiger partial charge is 0.507 e. The normalized spacial score (nSPS) is 10.6. The van der Waals surface area contributed by atoms with Crippen molar-refractivity contribution >= 4 is 5.97 Å². The number of esters is 1. The summed E-state index contributed by atoms with van der Waals surface area (Å²) in [7, 11) is 1.31. The van der Waals surface area contributed by atoms with Gasteiger partial charge in [-0.25, -0.2) is 19.7 Å². The van der Waals surface area contributed by atoms with Crippen LogP contribution in [-0.2, 0) is 4.74 Å². The topological polar surface area (TPSA) is 115 Å². The van der Waals surface area contributed by atoms with Gasteiger partial charge in [0.2, 0.25) is 0 Å². The van der Waals surface area contributed by atoms with Crippen LogP contribution in [0.4, 0.5) is 0 Å². The maximum absolute atomic E-state index is 12.1. The summed E-state index contributed by atoms with van der Waals surface area (Å²) in [4.78, 5) is 25.7. The fourth-order valence-corrected chi connectivity index (χ4v) is 3.70. The number of aromatic nitrogens is 3. The quantitative estimate of drug-likeness (QED) is 0.284. The van der Waals surface area contributed by atoms with Crippen molar-refractivity contribution in [1.82, 2.24) is 15.0 Å². The van der Waals surface area contributed by atoms with Gasteiger partial charge in [-0.2, -0.15) is 0 Å². The van der Waals surface area contributed by atoms with Crippen LogP contribution in [0.3, 0.4) is 0 Å². The van der Waals surface area contributed by atoms with Crippen LogP contribution in [0.2, 0.25) is 0 Å². The predicted molar refractivity (Wildman–Crippen MR) is 137 cm³/mol. The van der Waals surface area contributed by atoms with E-state index in [-0.39, 0.29) is 29.0 Å². The number of para-hydroxylation sites is 2. The third-order valence-electron chi connectivity index (χ3n) is 5.51. The number of phenols is 2. The molecule has 0 amide bonds. The van der Waals surface area contributed by atoms with Crippen molar-refractivity contribution in [2.24, 2.45) is 0 Å². The molecule has 0 spiro atoms. The average molecular weight is 492 g/mol. The Morgan fingerprint density at radius 3 is 2.03 bits per heavy atom. The lowest BCUT2D eigenvalue weighted by molar-refractivity contribution is 0.0600. The highest BCUT2D eigenvalue weighted by Gasteiger charge is 2.18. The van der Waals surface area contributed by atoms with Crippen LogP contribution in [0.5, 0.6) is 23.0 Å². The Balaban J connectivity index is 1.61. The van der Waals surface area contributed by atoms with Crippen molar-refractivity contribution in [1.29, 1.82) is 0 Å². The number of ether oxygens (including phenoxy) is 2. The minimum atomic E-state index is -0.497. The van der Waals surface area contributed by atoms with Gasteiger partial charge in [-0.3, -0.25) is 0 Å². The number of hydrogen-bond donors (Lipinski definition) is 2. The van der Waals surface area contributed by atoms with Crippen molar-refractivity contribution in [3.63, 3.8) is 0 Å². The van der Waals surface area contributed by atoms with Crippen molar-refractivity contribution in [2.75, 3.05) is 7.11 Å². The number of rotatable bonds is 6. The van der Waals surface area contributed by atoms with Crippen molar-refractivity contribution < 1.29 is 24.5 Å². The average Bonchev–Trinajstić information content (AvgIpc) is 2.93. The first-order valence-corrected chi connectivity index (χ1v) is 11.3. The SMILES string of the molecule is COC(=O)c1cccc(-c2nc(-c3ccccc3O)nc(-c3ccc(Oc4ccccc4)cc3O)n2)c1. The minimum absolute atomic E-state index is 0.00950. The molecule has 0 saturated heterocycles. The Hall–Kier alpha value is -5.24. The molecule has 8 nitrogen and oxygen atoms in total. The summed E-state index contributed by atoms with van der Waals surface area (Å²) >= 11 is 0. The van der Waals surface area contributed by atoms with E-state index in [0.29, 0.717) is 33.8 Å². The number of methoxy groups -OCH3 is 1. The standard InChI is InChI=1S/C29H21N3O5/c1-36-29(35)19-9-7-8-18(16-19)26-30-27(22-12-5-6-13-24(22)33)32-28(31-26)23-15-14-21(17-25(23)34)37-20-10-3-2-4-11-20/h2-17,33-34H,1H3. The van der Waals surface area contributed by atoms with E-state index >= 15 is 0 Å². The van der Waals surface area contributed by atoms with Gasteiger partial charge >= 0.3 is 5.97 Å². The van der Waals surface area contributed by atoms with Crippen LogP contribution in [0.1, 0.15) is 10.4 Å². The number of aromatic hydroxyl groups is 2. The molecule has 0 aliphatic heterocycles. The van der Waals surface area contributed by atoms with Gasteiger partial charge in [0.25, 0.3) is 0 Å². The maximum atomic E-state index is 12.1. The lowest BCUT2D eigenvalue weighted by atomic mass is 10.1. The summed E-state index contributed by atoms with van der Waals surface area (Å²) < 4.78 is 10.6.